The van der Waals surface area contributed by atoms with E-state index in [9.17, 15) is 27.6 Å². The largest absolute Gasteiger partial charge is 0.436 e. The SMILES string of the molecule is Nc1c(Cl)cc(C[C@@H](OC(=O)N2CCC(N3Cc4sccc4NC3=O)CC2)C(=O)N2CCC(N3CCCC3)CC2)cc1C(F)(F)F. The third-order valence-electron chi connectivity index (χ3n) is 9.59. The number of likely N-dealkylation sites (tertiary alicyclic amines) is 3. The second-order valence-corrected chi connectivity index (χ2v) is 13.9. The lowest BCUT2D eigenvalue weighted by Crippen LogP contribution is -2.52. The highest BCUT2D eigenvalue weighted by Gasteiger charge is 2.38. The first-order chi connectivity index (χ1) is 22.0. The Bertz CT molecular complexity index is 1450. The number of rotatable bonds is 6. The zero-order chi connectivity index (χ0) is 32.6. The molecule has 1 aromatic heterocycles. The van der Waals surface area contributed by atoms with E-state index in [1.807, 2.05) is 11.4 Å². The third kappa shape index (κ3) is 7.03. The first kappa shape index (κ1) is 32.7. The molecule has 1 aromatic carbocycles. The topological polar surface area (TPSA) is 111 Å². The van der Waals surface area contributed by atoms with Gasteiger partial charge in [0.05, 0.1) is 28.5 Å². The molecule has 10 nitrogen and oxygen atoms in total. The van der Waals surface area contributed by atoms with Gasteiger partial charge in [-0.15, -0.1) is 11.3 Å². The van der Waals surface area contributed by atoms with Crippen molar-refractivity contribution in [2.24, 2.45) is 0 Å². The Balaban J connectivity index is 1.13. The summed E-state index contributed by atoms with van der Waals surface area (Å²) in [6, 6.07) is 4.16. The minimum absolute atomic E-state index is 0.0775. The van der Waals surface area contributed by atoms with Crippen molar-refractivity contribution in [3.8, 4) is 0 Å². The number of piperidine rings is 2. The molecule has 0 saturated carbocycles. The summed E-state index contributed by atoms with van der Waals surface area (Å²) in [6.07, 6.45) is -2.16. The van der Waals surface area contributed by atoms with Crippen molar-refractivity contribution in [1.29, 1.82) is 0 Å². The van der Waals surface area contributed by atoms with Crippen LogP contribution in [0.4, 0.5) is 34.1 Å². The van der Waals surface area contributed by atoms with Gasteiger partial charge in [0.25, 0.3) is 5.91 Å². The van der Waals surface area contributed by atoms with Crippen LogP contribution in [0.5, 0.6) is 0 Å². The van der Waals surface area contributed by atoms with Crippen LogP contribution in [0.15, 0.2) is 23.6 Å². The average Bonchev–Trinajstić information content (AvgIpc) is 3.74. The fourth-order valence-corrected chi connectivity index (χ4v) is 8.09. The fraction of sp³-hybridized carbons (Fsp3) is 0.581. The predicted octanol–water partition coefficient (Wildman–Crippen LogP) is 5.65. The maximum atomic E-state index is 13.8. The number of nitrogens with zero attached hydrogens (tertiary/aromatic N) is 4. The summed E-state index contributed by atoms with van der Waals surface area (Å²) in [5.74, 6) is -0.443. The molecule has 3 saturated heterocycles. The van der Waals surface area contributed by atoms with E-state index in [4.69, 9.17) is 22.1 Å². The lowest BCUT2D eigenvalue weighted by atomic mass is 10.00. The van der Waals surface area contributed by atoms with Crippen molar-refractivity contribution < 1.29 is 32.3 Å². The Morgan fingerprint density at radius 1 is 1.02 bits per heavy atom. The Labute approximate surface area is 274 Å². The molecule has 3 N–H and O–H groups in total. The number of carbonyl (C=O) groups is 3. The van der Waals surface area contributed by atoms with E-state index in [-0.39, 0.29) is 29.1 Å². The second kappa shape index (κ2) is 13.5. The Kier molecular flexibility index (Phi) is 9.58. The molecule has 4 aliphatic heterocycles. The highest BCUT2D eigenvalue weighted by Crippen LogP contribution is 2.38. The fourth-order valence-electron chi connectivity index (χ4n) is 7.02. The molecule has 46 heavy (non-hydrogen) atoms. The van der Waals surface area contributed by atoms with Gasteiger partial charge in [0.15, 0.2) is 6.10 Å². The van der Waals surface area contributed by atoms with Crippen LogP contribution in [-0.4, -0.2) is 95.1 Å². The lowest BCUT2D eigenvalue weighted by Gasteiger charge is -2.40. The highest BCUT2D eigenvalue weighted by molar-refractivity contribution is 7.10. The molecule has 0 bridgehead atoms. The molecular formula is C31H38ClF3N6O4S. The minimum atomic E-state index is -4.75. The number of thiophene rings is 1. The molecule has 4 aliphatic rings. The van der Waals surface area contributed by atoms with Crippen molar-refractivity contribution in [2.45, 2.75) is 75.9 Å². The maximum Gasteiger partial charge on any atom is 0.418 e. The summed E-state index contributed by atoms with van der Waals surface area (Å²) in [6.45, 7) is 4.15. The van der Waals surface area contributed by atoms with Gasteiger partial charge in [0, 0.05) is 49.6 Å². The van der Waals surface area contributed by atoms with Crippen molar-refractivity contribution in [3.05, 3.63) is 44.6 Å². The van der Waals surface area contributed by atoms with Crippen LogP contribution in [0.2, 0.25) is 5.02 Å². The van der Waals surface area contributed by atoms with Crippen LogP contribution in [0.25, 0.3) is 0 Å². The molecule has 5 heterocycles. The van der Waals surface area contributed by atoms with Crippen LogP contribution in [0.1, 0.15) is 54.5 Å². The number of hydrogen-bond donors (Lipinski definition) is 2. The number of nitrogens with two attached hydrogens (primary N) is 1. The number of fused-ring (bicyclic) bond motifs is 1. The van der Waals surface area contributed by atoms with Crippen molar-refractivity contribution in [2.75, 3.05) is 50.3 Å². The molecule has 3 fully saturated rings. The molecule has 6 rings (SSSR count). The van der Waals surface area contributed by atoms with E-state index >= 15 is 0 Å². The van der Waals surface area contributed by atoms with Crippen molar-refractivity contribution >= 4 is 52.3 Å². The summed E-state index contributed by atoms with van der Waals surface area (Å²) in [4.78, 5) is 48.4. The minimum Gasteiger partial charge on any atom is -0.436 e. The molecule has 2 aromatic rings. The van der Waals surface area contributed by atoms with Gasteiger partial charge < -0.3 is 35.4 Å². The number of ether oxygens (including phenoxy) is 1. The first-order valence-electron chi connectivity index (χ1n) is 15.8. The summed E-state index contributed by atoms with van der Waals surface area (Å²) in [5, 5.41) is 4.56. The molecule has 0 unspecified atom stereocenters. The monoisotopic (exact) mass is 682 g/mol. The Hall–Kier alpha value is -3.23. The van der Waals surface area contributed by atoms with Gasteiger partial charge in [0.1, 0.15) is 0 Å². The van der Waals surface area contributed by atoms with Crippen LogP contribution in [-0.2, 0) is 28.7 Å². The second-order valence-electron chi connectivity index (χ2n) is 12.4. The molecule has 250 valence electrons. The third-order valence-corrected chi connectivity index (χ3v) is 10.8. The van der Waals surface area contributed by atoms with Crippen molar-refractivity contribution in [1.82, 2.24) is 19.6 Å². The summed E-state index contributed by atoms with van der Waals surface area (Å²) < 4.78 is 47.0. The van der Waals surface area contributed by atoms with Gasteiger partial charge in [-0.1, -0.05) is 11.6 Å². The molecular weight excluding hydrogens is 645 g/mol. The molecule has 0 aliphatic carbocycles. The van der Waals surface area contributed by atoms with Gasteiger partial charge in [-0.3, -0.25) is 4.79 Å². The van der Waals surface area contributed by atoms with E-state index in [0.717, 1.165) is 42.6 Å². The van der Waals surface area contributed by atoms with Gasteiger partial charge in [-0.25, -0.2) is 9.59 Å². The van der Waals surface area contributed by atoms with Gasteiger partial charge in [-0.2, -0.15) is 13.2 Å². The molecule has 0 spiro atoms. The number of urea groups is 1. The zero-order valence-electron chi connectivity index (χ0n) is 25.4. The Morgan fingerprint density at radius 3 is 2.35 bits per heavy atom. The Morgan fingerprint density at radius 2 is 1.67 bits per heavy atom. The number of amides is 4. The van der Waals surface area contributed by atoms with Crippen LogP contribution < -0.4 is 11.1 Å². The standard InChI is InChI=1S/C31H38ClF3N6O4S/c32-23-16-19(15-22(27(23)36)31(33,34)35)17-25(28(42)39-10-3-20(4-11-39)38-8-1-2-9-38)45-30(44)40-12-5-21(6-13-40)41-18-26-24(7-14-46-26)37-29(41)43/h7,14-16,20-21,25H,1-6,8-13,17-18,36H2,(H,37,43)/t25-/m1/s1. The molecule has 1 atom stereocenters. The van der Waals surface area contributed by atoms with Crippen molar-refractivity contribution in [3.63, 3.8) is 0 Å². The maximum absolute atomic E-state index is 13.8. The molecule has 0 radical (unpaired) electrons. The average molecular weight is 683 g/mol. The number of carbonyl (C=O) groups excluding carboxylic acids is 3. The number of hydrogen-bond acceptors (Lipinski definition) is 7. The van der Waals surface area contributed by atoms with E-state index in [1.54, 1.807) is 21.1 Å². The van der Waals surface area contributed by atoms with Gasteiger partial charge in [0.2, 0.25) is 0 Å². The van der Waals surface area contributed by atoms with E-state index in [0.29, 0.717) is 51.6 Å². The number of anilines is 2. The van der Waals surface area contributed by atoms with E-state index < -0.39 is 35.5 Å². The highest BCUT2D eigenvalue weighted by atomic mass is 35.5. The number of nitrogens with one attached hydrogen (secondary N) is 1. The van der Waals surface area contributed by atoms with Gasteiger partial charge in [-0.05, 0) is 80.8 Å². The first-order valence-corrected chi connectivity index (χ1v) is 17.0. The normalized spacial score (nSPS) is 20.9. The summed E-state index contributed by atoms with van der Waals surface area (Å²) in [7, 11) is 0. The van der Waals surface area contributed by atoms with E-state index in [1.165, 1.54) is 23.8 Å². The number of nitrogen functional groups attached to an aromatic ring is 1. The van der Waals surface area contributed by atoms with Crippen LogP contribution >= 0.6 is 22.9 Å². The molecule has 4 amide bonds. The van der Waals surface area contributed by atoms with Crippen LogP contribution in [0.3, 0.4) is 0 Å². The zero-order valence-corrected chi connectivity index (χ0v) is 26.9. The predicted molar refractivity (Wildman–Crippen MR) is 169 cm³/mol. The summed E-state index contributed by atoms with van der Waals surface area (Å²) in [5.41, 5.74) is 4.85. The number of alkyl halides is 3. The lowest BCUT2D eigenvalue weighted by molar-refractivity contribution is -0.142. The number of benzene rings is 1. The quantitative estimate of drug-likeness (QED) is 0.381. The number of halogens is 4. The van der Waals surface area contributed by atoms with Gasteiger partial charge >= 0.3 is 18.3 Å². The van der Waals surface area contributed by atoms with E-state index in [2.05, 4.69) is 10.2 Å². The summed E-state index contributed by atoms with van der Waals surface area (Å²) >= 11 is 7.65. The van der Waals surface area contributed by atoms with Crippen LogP contribution in [0, 0.1) is 0 Å². The molecule has 15 heteroatoms. The smallest absolute Gasteiger partial charge is 0.418 e.